The Kier molecular flexibility index (Phi) is 7.80. The molecule has 3 aromatic carbocycles. The Morgan fingerprint density at radius 1 is 1.00 bits per heavy atom. The summed E-state index contributed by atoms with van der Waals surface area (Å²) in [6.07, 6.45) is 0. The fraction of sp³-hybridized carbons (Fsp3) is 0.167. The lowest BCUT2D eigenvalue weighted by Crippen LogP contribution is -2.38. The first kappa shape index (κ1) is 25.1. The fourth-order valence-electron chi connectivity index (χ4n) is 3.20. The Morgan fingerprint density at radius 3 is 2.32 bits per heavy atom. The maximum Gasteiger partial charge on any atom is 0.339 e. The van der Waals surface area contributed by atoms with Gasteiger partial charge in [0, 0.05) is 5.02 Å². The number of ether oxygens (including phenoxy) is 2. The Bertz CT molecular complexity index is 1310. The lowest BCUT2D eigenvalue weighted by atomic mass is 10.2. The molecule has 0 fully saturated rings. The molecule has 0 saturated heterocycles. The smallest absolute Gasteiger partial charge is 0.339 e. The first-order valence-corrected chi connectivity index (χ1v) is 11.9. The second-order valence-electron chi connectivity index (χ2n) is 7.23. The predicted molar refractivity (Wildman–Crippen MR) is 130 cm³/mol. The largest absolute Gasteiger partial charge is 0.495 e. The number of carbonyl (C=O) groups excluding carboxylic acids is 2. The van der Waals surface area contributed by atoms with Crippen molar-refractivity contribution in [3.05, 3.63) is 82.9 Å². The number of hydrogen-bond acceptors (Lipinski definition) is 6. The maximum atomic E-state index is 13.6. The van der Waals surface area contributed by atoms with Crippen molar-refractivity contribution in [1.29, 1.82) is 0 Å². The Hall–Kier alpha value is -3.56. The van der Waals surface area contributed by atoms with Gasteiger partial charge in [0.05, 0.1) is 36.1 Å². The molecule has 0 atom stereocenters. The minimum absolute atomic E-state index is 0.0112. The van der Waals surface area contributed by atoms with E-state index in [0.29, 0.717) is 0 Å². The standard InChI is InChI=1S/C24H23ClN2O6S/c1-16-8-11-18(12-9-16)34(30,31)27(21-14-17(25)10-13-22(21)32-2)15-23(28)26-20-7-5-4-6-19(20)24(29)33-3/h4-14H,15H2,1-3H3,(H,26,28). The van der Waals surface area contributed by atoms with Crippen LogP contribution in [-0.2, 0) is 19.6 Å². The summed E-state index contributed by atoms with van der Waals surface area (Å²) in [7, 11) is -1.59. The van der Waals surface area contributed by atoms with E-state index in [1.54, 1.807) is 30.3 Å². The quantitative estimate of drug-likeness (QED) is 0.461. The van der Waals surface area contributed by atoms with Crippen molar-refractivity contribution in [1.82, 2.24) is 0 Å². The molecule has 0 aliphatic heterocycles. The van der Waals surface area contributed by atoms with Crippen LogP contribution in [-0.4, -0.2) is 41.1 Å². The molecule has 1 N–H and O–H groups in total. The Balaban J connectivity index is 2.04. The monoisotopic (exact) mass is 502 g/mol. The highest BCUT2D eigenvalue weighted by atomic mass is 35.5. The summed E-state index contributed by atoms with van der Waals surface area (Å²) < 4.78 is 38.2. The van der Waals surface area contributed by atoms with Crippen LogP contribution in [0.3, 0.4) is 0 Å². The van der Waals surface area contributed by atoms with Crippen molar-refractivity contribution in [3.63, 3.8) is 0 Å². The number of carbonyl (C=O) groups is 2. The van der Waals surface area contributed by atoms with Gasteiger partial charge in [0.15, 0.2) is 0 Å². The van der Waals surface area contributed by atoms with Crippen molar-refractivity contribution < 1.29 is 27.5 Å². The number of nitrogens with zero attached hydrogens (tertiary/aromatic N) is 1. The van der Waals surface area contributed by atoms with E-state index < -0.39 is 28.4 Å². The molecular weight excluding hydrogens is 480 g/mol. The van der Waals surface area contributed by atoms with E-state index in [0.717, 1.165) is 9.87 Å². The van der Waals surface area contributed by atoms with Gasteiger partial charge in [-0.05, 0) is 49.4 Å². The SMILES string of the molecule is COC(=O)c1ccccc1NC(=O)CN(c1cc(Cl)ccc1OC)S(=O)(=O)c1ccc(C)cc1. The van der Waals surface area contributed by atoms with E-state index in [4.69, 9.17) is 21.1 Å². The number of nitrogens with one attached hydrogen (secondary N) is 1. The van der Waals surface area contributed by atoms with Crippen LogP contribution >= 0.6 is 11.6 Å². The van der Waals surface area contributed by atoms with Gasteiger partial charge >= 0.3 is 5.97 Å². The van der Waals surface area contributed by atoms with Gasteiger partial charge in [0.25, 0.3) is 10.0 Å². The average molecular weight is 503 g/mol. The molecule has 8 nitrogen and oxygen atoms in total. The number of anilines is 2. The molecule has 0 radical (unpaired) electrons. The van der Waals surface area contributed by atoms with E-state index in [-0.39, 0.29) is 32.6 Å². The van der Waals surface area contributed by atoms with Gasteiger partial charge in [-0.25, -0.2) is 13.2 Å². The molecule has 0 aliphatic rings. The van der Waals surface area contributed by atoms with Crippen LogP contribution in [0.4, 0.5) is 11.4 Å². The van der Waals surface area contributed by atoms with Crippen LogP contribution in [0.25, 0.3) is 0 Å². The number of hydrogen-bond donors (Lipinski definition) is 1. The van der Waals surface area contributed by atoms with Gasteiger partial charge in [-0.3, -0.25) is 9.10 Å². The first-order valence-electron chi connectivity index (χ1n) is 10.1. The predicted octanol–water partition coefficient (Wildman–Crippen LogP) is 4.28. The van der Waals surface area contributed by atoms with Gasteiger partial charge in [0.1, 0.15) is 12.3 Å². The summed E-state index contributed by atoms with van der Waals surface area (Å²) in [4.78, 5) is 25.1. The topological polar surface area (TPSA) is 102 Å². The third-order valence-electron chi connectivity index (χ3n) is 4.91. The number of esters is 1. The second-order valence-corrected chi connectivity index (χ2v) is 9.52. The number of rotatable bonds is 8. The molecular formula is C24H23ClN2O6S. The van der Waals surface area contributed by atoms with Crippen molar-refractivity contribution in [2.24, 2.45) is 0 Å². The second kappa shape index (κ2) is 10.6. The molecule has 1 amide bonds. The minimum Gasteiger partial charge on any atom is -0.495 e. The Labute approximate surface area is 203 Å². The van der Waals surface area contributed by atoms with Crippen LogP contribution in [0.1, 0.15) is 15.9 Å². The summed E-state index contributed by atoms with van der Waals surface area (Å²) in [6, 6.07) is 17.0. The van der Waals surface area contributed by atoms with Gasteiger partial charge in [-0.1, -0.05) is 41.4 Å². The normalized spacial score (nSPS) is 10.9. The molecule has 0 heterocycles. The number of halogens is 1. The van der Waals surface area contributed by atoms with Gasteiger partial charge in [-0.15, -0.1) is 0 Å². The molecule has 3 aromatic rings. The molecule has 0 spiro atoms. The Morgan fingerprint density at radius 2 is 1.68 bits per heavy atom. The van der Waals surface area contributed by atoms with Gasteiger partial charge in [0.2, 0.25) is 5.91 Å². The van der Waals surface area contributed by atoms with E-state index in [1.165, 1.54) is 50.6 Å². The van der Waals surface area contributed by atoms with Crippen LogP contribution < -0.4 is 14.4 Å². The third kappa shape index (κ3) is 5.49. The number of sulfonamides is 1. The zero-order valence-corrected chi connectivity index (χ0v) is 20.3. The minimum atomic E-state index is -4.20. The zero-order valence-electron chi connectivity index (χ0n) is 18.7. The molecule has 34 heavy (non-hydrogen) atoms. The molecule has 0 unspecified atom stereocenters. The molecule has 0 saturated carbocycles. The van der Waals surface area contributed by atoms with Crippen molar-refractivity contribution in [2.75, 3.05) is 30.4 Å². The summed E-state index contributed by atoms with van der Waals surface area (Å²) in [5.74, 6) is -1.12. The van der Waals surface area contributed by atoms with Gasteiger partial charge in [-0.2, -0.15) is 0 Å². The number of para-hydroxylation sites is 1. The molecule has 0 aliphatic carbocycles. The summed E-state index contributed by atoms with van der Waals surface area (Å²) >= 11 is 6.14. The van der Waals surface area contributed by atoms with Crippen molar-refractivity contribution >= 4 is 44.9 Å². The number of amides is 1. The van der Waals surface area contributed by atoms with Crippen LogP contribution in [0.5, 0.6) is 5.75 Å². The third-order valence-corrected chi connectivity index (χ3v) is 6.92. The summed E-state index contributed by atoms with van der Waals surface area (Å²) in [6.45, 7) is 1.22. The first-order chi connectivity index (χ1) is 16.2. The number of benzene rings is 3. The molecule has 10 heteroatoms. The highest BCUT2D eigenvalue weighted by Crippen LogP contribution is 2.35. The highest BCUT2D eigenvalue weighted by Gasteiger charge is 2.30. The van der Waals surface area contributed by atoms with Crippen LogP contribution in [0, 0.1) is 6.92 Å². The molecule has 3 rings (SSSR count). The lowest BCUT2D eigenvalue weighted by molar-refractivity contribution is -0.114. The lowest BCUT2D eigenvalue weighted by Gasteiger charge is -2.26. The van der Waals surface area contributed by atoms with Crippen LogP contribution in [0.2, 0.25) is 5.02 Å². The van der Waals surface area contributed by atoms with E-state index >= 15 is 0 Å². The maximum absolute atomic E-state index is 13.6. The van der Waals surface area contributed by atoms with E-state index in [2.05, 4.69) is 5.32 Å². The molecule has 0 aromatic heterocycles. The average Bonchev–Trinajstić information content (AvgIpc) is 2.82. The molecule has 178 valence electrons. The molecule has 0 bridgehead atoms. The fourth-order valence-corrected chi connectivity index (χ4v) is 4.79. The van der Waals surface area contributed by atoms with Crippen LogP contribution in [0.15, 0.2) is 71.6 Å². The summed E-state index contributed by atoms with van der Waals surface area (Å²) in [5.41, 5.74) is 1.28. The number of aryl methyl sites for hydroxylation is 1. The number of methoxy groups -OCH3 is 2. The highest BCUT2D eigenvalue weighted by molar-refractivity contribution is 7.92. The van der Waals surface area contributed by atoms with Gasteiger partial charge < -0.3 is 14.8 Å². The van der Waals surface area contributed by atoms with Crippen molar-refractivity contribution in [2.45, 2.75) is 11.8 Å². The summed E-state index contributed by atoms with van der Waals surface area (Å²) in [5, 5.41) is 2.85. The van der Waals surface area contributed by atoms with Crippen molar-refractivity contribution in [3.8, 4) is 5.75 Å². The van der Waals surface area contributed by atoms with E-state index in [9.17, 15) is 18.0 Å². The zero-order chi connectivity index (χ0) is 24.9. The van der Waals surface area contributed by atoms with E-state index in [1.807, 2.05) is 6.92 Å².